The van der Waals surface area contributed by atoms with Crippen LogP contribution in [0.1, 0.15) is 43.7 Å². The number of carbonyl (C=O) groups is 2. The van der Waals surface area contributed by atoms with Crippen molar-refractivity contribution in [1.29, 1.82) is 0 Å². The lowest BCUT2D eigenvalue weighted by molar-refractivity contribution is -0.147. The smallest absolute Gasteiger partial charge is 0.315 e. The molecule has 0 saturated heterocycles. The van der Waals surface area contributed by atoms with Gasteiger partial charge in [0.05, 0.1) is 6.61 Å². The van der Waals surface area contributed by atoms with E-state index in [1.165, 1.54) is 6.07 Å². The summed E-state index contributed by atoms with van der Waals surface area (Å²) >= 11 is 0. The minimum atomic E-state index is -1.03. The van der Waals surface area contributed by atoms with Crippen molar-refractivity contribution in [2.75, 3.05) is 6.61 Å². The second-order valence-electron chi connectivity index (χ2n) is 9.52. The molecule has 172 valence electrons. The Morgan fingerprint density at radius 1 is 1.12 bits per heavy atom. The molecule has 0 aromatic heterocycles. The molecule has 0 fully saturated rings. The van der Waals surface area contributed by atoms with Crippen LogP contribution in [0.3, 0.4) is 0 Å². The molecule has 2 aromatic carbocycles. The number of hydrogen-bond donors (Lipinski definition) is 1. The number of rotatable bonds is 5. The van der Waals surface area contributed by atoms with Crippen molar-refractivity contribution in [2.24, 2.45) is 11.3 Å². The third-order valence-corrected chi connectivity index (χ3v) is 6.29. The monoisotopic (exact) mass is 451 g/mol. The Morgan fingerprint density at radius 3 is 2.55 bits per heavy atom. The lowest BCUT2D eigenvalue weighted by Gasteiger charge is -2.42. The van der Waals surface area contributed by atoms with Crippen molar-refractivity contribution in [2.45, 2.75) is 39.0 Å². The fourth-order valence-corrected chi connectivity index (χ4v) is 4.79. The van der Waals surface area contributed by atoms with Gasteiger partial charge >= 0.3 is 5.97 Å². The number of allylic oxidation sites excluding steroid dienone is 2. The molecule has 1 N–H and O–H groups in total. The fraction of sp³-hybridized carbons (Fsp3) is 0.333. The Morgan fingerprint density at radius 2 is 1.85 bits per heavy atom. The minimum absolute atomic E-state index is 0.113. The number of hydrogen-bond acceptors (Lipinski definition) is 4. The highest BCUT2D eigenvalue weighted by molar-refractivity contribution is 6.00. The van der Waals surface area contributed by atoms with Gasteiger partial charge in [0, 0.05) is 35.7 Å². The van der Waals surface area contributed by atoms with E-state index in [2.05, 4.69) is 11.9 Å². The molecular weight excluding hydrogens is 424 g/mol. The number of nitrogens with one attached hydrogen (secondary N) is 1. The molecule has 1 aliphatic carbocycles. The van der Waals surface area contributed by atoms with Gasteiger partial charge in [0.15, 0.2) is 17.4 Å². The highest BCUT2D eigenvalue weighted by atomic mass is 19.2. The summed E-state index contributed by atoms with van der Waals surface area (Å²) in [6.45, 7) is 8.19. The number of ketones is 1. The van der Waals surface area contributed by atoms with Gasteiger partial charge in [-0.2, -0.15) is 0 Å². The summed E-state index contributed by atoms with van der Waals surface area (Å²) in [6, 6.07) is 13.1. The number of benzene rings is 2. The number of ether oxygens (including phenoxy) is 1. The average Bonchev–Trinajstić information content (AvgIpc) is 2.74. The molecule has 2 unspecified atom stereocenters. The van der Waals surface area contributed by atoms with Crippen LogP contribution in [0.4, 0.5) is 8.78 Å². The van der Waals surface area contributed by atoms with E-state index < -0.39 is 29.4 Å². The van der Waals surface area contributed by atoms with Gasteiger partial charge in [-0.05, 0) is 35.1 Å². The zero-order valence-corrected chi connectivity index (χ0v) is 18.8. The maximum atomic E-state index is 14.2. The molecule has 2 atom stereocenters. The Labute approximate surface area is 192 Å². The maximum absolute atomic E-state index is 14.2. The maximum Gasteiger partial charge on any atom is 0.315 e. The summed E-state index contributed by atoms with van der Waals surface area (Å²) in [5.74, 6) is -4.41. The zero-order chi connectivity index (χ0) is 23.8. The van der Waals surface area contributed by atoms with Crippen LogP contribution in [-0.2, 0) is 20.7 Å². The molecule has 0 saturated carbocycles. The summed E-state index contributed by atoms with van der Waals surface area (Å²) in [5.41, 5.74) is 2.62. The lowest BCUT2D eigenvalue weighted by Crippen LogP contribution is -2.43. The SMILES string of the molecule is C=C1NC2=C(C(=O)CC(C)(C)C2)C(c2ccc(F)c(F)c2)C1C(=O)OCCc1ccccc1. The highest BCUT2D eigenvalue weighted by Crippen LogP contribution is 2.48. The number of esters is 1. The molecule has 4 rings (SSSR count). The summed E-state index contributed by atoms with van der Waals surface area (Å²) in [5, 5.41) is 3.16. The third kappa shape index (κ3) is 4.75. The molecule has 6 heteroatoms. The highest BCUT2D eigenvalue weighted by Gasteiger charge is 2.46. The topological polar surface area (TPSA) is 55.4 Å². The predicted octanol–water partition coefficient (Wildman–Crippen LogP) is 5.21. The Kier molecular flexibility index (Phi) is 6.19. The number of carbonyl (C=O) groups excluding carboxylic acids is 2. The summed E-state index contributed by atoms with van der Waals surface area (Å²) < 4.78 is 33.4. The quantitative estimate of drug-likeness (QED) is 0.634. The first-order valence-electron chi connectivity index (χ1n) is 11.0. The third-order valence-electron chi connectivity index (χ3n) is 6.29. The van der Waals surface area contributed by atoms with Crippen molar-refractivity contribution in [3.63, 3.8) is 0 Å². The van der Waals surface area contributed by atoms with Crippen LogP contribution in [-0.4, -0.2) is 18.4 Å². The molecular formula is C27H27F2NO3. The number of halogens is 2. The summed E-state index contributed by atoms with van der Waals surface area (Å²) in [4.78, 5) is 26.4. The normalized spacial score (nSPS) is 21.9. The first-order chi connectivity index (χ1) is 15.7. The zero-order valence-electron chi connectivity index (χ0n) is 18.8. The van der Waals surface area contributed by atoms with Gasteiger partial charge in [-0.25, -0.2) is 8.78 Å². The van der Waals surface area contributed by atoms with Gasteiger partial charge in [-0.15, -0.1) is 0 Å². The van der Waals surface area contributed by atoms with E-state index in [4.69, 9.17) is 4.74 Å². The molecule has 33 heavy (non-hydrogen) atoms. The van der Waals surface area contributed by atoms with Crippen LogP contribution in [0.2, 0.25) is 0 Å². The Hall–Kier alpha value is -3.28. The molecule has 0 bridgehead atoms. The molecule has 2 aliphatic rings. The van der Waals surface area contributed by atoms with Gasteiger partial charge < -0.3 is 10.1 Å². The first kappa shape index (κ1) is 22.9. The van der Waals surface area contributed by atoms with E-state index >= 15 is 0 Å². The Balaban J connectivity index is 1.68. The Bertz CT molecular complexity index is 1140. The van der Waals surface area contributed by atoms with E-state index in [9.17, 15) is 18.4 Å². The average molecular weight is 452 g/mol. The van der Waals surface area contributed by atoms with E-state index in [0.717, 1.165) is 17.7 Å². The molecule has 1 heterocycles. The summed E-state index contributed by atoms with van der Waals surface area (Å²) in [7, 11) is 0. The van der Waals surface area contributed by atoms with Gasteiger partial charge in [0.2, 0.25) is 0 Å². The van der Waals surface area contributed by atoms with Crippen molar-refractivity contribution in [3.05, 3.63) is 94.8 Å². The summed E-state index contributed by atoms with van der Waals surface area (Å²) in [6.07, 6.45) is 1.43. The standard InChI is InChI=1S/C27H27F2NO3/c1-16-23(26(32)33-12-11-17-7-5-4-6-8-17)24(18-9-10-19(28)20(29)13-18)25-21(30-16)14-27(2,3)15-22(25)31/h4-10,13,23-24,30H,1,11-12,14-15H2,2-3H3. The molecule has 1 aliphatic heterocycles. The van der Waals surface area contributed by atoms with Crippen molar-refractivity contribution >= 4 is 11.8 Å². The van der Waals surface area contributed by atoms with Gasteiger partial charge in [0.25, 0.3) is 0 Å². The largest absolute Gasteiger partial charge is 0.465 e. The molecule has 0 amide bonds. The second kappa shape index (κ2) is 8.93. The van der Waals surface area contributed by atoms with Crippen LogP contribution in [0.25, 0.3) is 0 Å². The van der Waals surface area contributed by atoms with E-state index in [-0.39, 0.29) is 17.8 Å². The van der Waals surface area contributed by atoms with Crippen LogP contribution in [0.15, 0.2) is 72.1 Å². The van der Waals surface area contributed by atoms with Crippen molar-refractivity contribution < 1.29 is 23.1 Å². The molecule has 0 spiro atoms. The molecule has 2 aromatic rings. The van der Waals surface area contributed by atoms with Gasteiger partial charge in [0.1, 0.15) is 5.92 Å². The predicted molar refractivity (Wildman–Crippen MR) is 121 cm³/mol. The van der Waals surface area contributed by atoms with Crippen LogP contribution < -0.4 is 5.32 Å². The number of Topliss-reactive ketones (excluding diaryl/α,β-unsaturated/α-hetero) is 1. The van der Waals surface area contributed by atoms with Crippen LogP contribution >= 0.6 is 0 Å². The lowest BCUT2D eigenvalue weighted by atomic mass is 9.66. The van der Waals surface area contributed by atoms with E-state index in [1.807, 2.05) is 44.2 Å². The van der Waals surface area contributed by atoms with Crippen molar-refractivity contribution in [3.8, 4) is 0 Å². The van der Waals surface area contributed by atoms with E-state index in [0.29, 0.717) is 41.8 Å². The van der Waals surface area contributed by atoms with Crippen LogP contribution in [0, 0.1) is 23.0 Å². The fourth-order valence-electron chi connectivity index (χ4n) is 4.79. The van der Waals surface area contributed by atoms with Gasteiger partial charge in [-0.1, -0.05) is 56.8 Å². The van der Waals surface area contributed by atoms with Gasteiger partial charge in [-0.3, -0.25) is 9.59 Å². The van der Waals surface area contributed by atoms with Crippen LogP contribution in [0.5, 0.6) is 0 Å². The van der Waals surface area contributed by atoms with Crippen molar-refractivity contribution in [1.82, 2.24) is 5.32 Å². The molecule has 4 nitrogen and oxygen atoms in total. The second-order valence-corrected chi connectivity index (χ2v) is 9.52. The minimum Gasteiger partial charge on any atom is -0.465 e. The first-order valence-corrected chi connectivity index (χ1v) is 11.0. The molecule has 0 radical (unpaired) electrons. The van der Waals surface area contributed by atoms with E-state index in [1.54, 1.807) is 0 Å².